The molecule has 2 rings (SSSR count). The molecule has 2 aromatic rings. The second-order valence-corrected chi connectivity index (χ2v) is 4.05. The minimum absolute atomic E-state index is 0.449. The van der Waals surface area contributed by atoms with Crippen LogP contribution in [0.3, 0.4) is 0 Å². The Bertz CT molecular complexity index is 461. The summed E-state index contributed by atoms with van der Waals surface area (Å²) in [6, 6.07) is 0. The molecule has 0 aromatic carbocycles. The van der Waals surface area contributed by atoms with E-state index in [9.17, 15) is 4.79 Å². The largest absolute Gasteiger partial charge is 0.476 e. The normalized spacial score (nSPS) is 10.7. The zero-order valence-corrected chi connectivity index (χ0v) is 9.29. The van der Waals surface area contributed by atoms with E-state index >= 15 is 0 Å². The van der Waals surface area contributed by atoms with E-state index in [0.29, 0.717) is 18.2 Å². The molecule has 0 amide bonds. The van der Waals surface area contributed by atoms with Gasteiger partial charge in [0.2, 0.25) is 5.88 Å². The van der Waals surface area contributed by atoms with Gasteiger partial charge in [0.15, 0.2) is 16.9 Å². The maximum atomic E-state index is 10.9. The van der Waals surface area contributed by atoms with Crippen molar-refractivity contribution in [3.8, 4) is 5.88 Å². The lowest BCUT2D eigenvalue weighted by atomic mass is 10.4. The van der Waals surface area contributed by atoms with Crippen LogP contribution in [0, 0.1) is 0 Å². The molecule has 4 nitrogen and oxygen atoms in total. The van der Waals surface area contributed by atoms with Crippen LogP contribution >= 0.6 is 11.3 Å². The van der Waals surface area contributed by atoms with Gasteiger partial charge in [-0.2, -0.15) is 4.98 Å². The quantitative estimate of drug-likeness (QED) is 0.578. The first kappa shape index (κ1) is 10.2. The van der Waals surface area contributed by atoms with Gasteiger partial charge in [-0.25, -0.2) is 0 Å². The van der Waals surface area contributed by atoms with E-state index in [1.54, 1.807) is 4.40 Å². The summed E-state index contributed by atoms with van der Waals surface area (Å²) in [5.41, 5.74) is 0.502. The average molecular weight is 224 g/mol. The molecule has 5 heteroatoms. The Hall–Kier alpha value is -1.36. The molecule has 0 aliphatic heterocycles. The number of imidazole rings is 1. The summed E-state index contributed by atoms with van der Waals surface area (Å²) in [6.07, 6.45) is 4.65. The molecule has 0 unspecified atom stereocenters. The summed E-state index contributed by atoms with van der Waals surface area (Å²) in [7, 11) is 0. The number of unbranched alkanes of at least 4 members (excludes halogenated alkanes) is 1. The molecule has 0 aliphatic carbocycles. The van der Waals surface area contributed by atoms with Crippen LogP contribution in [0.25, 0.3) is 4.96 Å². The Morgan fingerprint density at radius 2 is 2.53 bits per heavy atom. The number of hydrogen-bond donors (Lipinski definition) is 0. The Balaban J connectivity index is 2.25. The van der Waals surface area contributed by atoms with E-state index in [2.05, 4.69) is 11.9 Å². The first-order valence-electron chi connectivity index (χ1n) is 4.90. The highest BCUT2D eigenvalue weighted by Crippen LogP contribution is 2.21. The maximum absolute atomic E-state index is 10.9. The monoisotopic (exact) mass is 224 g/mol. The fourth-order valence-corrected chi connectivity index (χ4v) is 2.02. The van der Waals surface area contributed by atoms with Crippen LogP contribution < -0.4 is 4.74 Å². The van der Waals surface area contributed by atoms with E-state index in [0.717, 1.165) is 24.1 Å². The highest BCUT2D eigenvalue weighted by Gasteiger charge is 2.12. The molecule has 0 bridgehead atoms. The van der Waals surface area contributed by atoms with E-state index in [-0.39, 0.29) is 0 Å². The van der Waals surface area contributed by atoms with Crippen LogP contribution in [0.5, 0.6) is 5.88 Å². The molecule has 0 radical (unpaired) electrons. The van der Waals surface area contributed by atoms with Crippen LogP contribution in [0.4, 0.5) is 0 Å². The van der Waals surface area contributed by atoms with Crippen molar-refractivity contribution in [1.29, 1.82) is 0 Å². The number of nitrogens with zero attached hydrogens (tertiary/aromatic N) is 2. The van der Waals surface area contributed by atoms with Crippen molar-refractivity contribution < 1.29 is 9.53 Å². The predicted molar refractivity (Wildman–Crippen MR) is 58.9 cm³/mol. The summed E-state index contributed by atoms with van der Waals surface area (Å²) in [5, 5.41) is 1.89. The van der Waals surface area contributed by atoms with Gasteiger partial charge in [0.1, 0.15) is 0 Å². The summed E-state index contributed by atoms with van der Waals surface area (Å²) in [5.74, 6) is 0.449. The van der Waals surface area contributed by atoms with Crippen molar-refractivity contribution in [3.63, 3.8) is 0 Å². The molecule has 0 saturated carbocycles. The molecular weight excluding hydrogens is 212 g/mol. The minimum atomic E-state index is 0.449. The number of rotatable bonds is 5. The summed E-state index contributed by atoms with van der Waals surface area (Å²) < 4.78 is 7.20. The molecular formula is C10H12N2O2S. The fourth-order valence-electron chi connectivity index (χ4n) is 1.31. The molecule has 0 saturated heterocycles. The van der Waals surface area contributed by atoms with Gasteiger partial charge in [-0.3, -0.25) is 9.20 Å². The Morgan fingerprint density at radius 3 is 3.27 bits per heavy atom. The van der Waals surface area contributed by atoms with Gasteiger partial charge in [0.05, 0.1) is 6.61 Å². The van der Waals surface area contributed by atoms with Crippen molar-refractivity contribution in [2.45, 2.75) is 19.8 Å². The molecule has 0 spiro atoms. The lowest BCUT2D eigenvalue weighted by Crippen LogP contribution is -1.99. The van der Waals surface area contributed by atoms with E-state index < -0.39 is 0 Å². The van der Waals surface area contributed by atoms with Crippen LogP contribution in [-0.4, -0.2) is 22.3 Å². The number of carbonyl (C=O) groups excluding carboxylic acids is 1. The highest BCUT2D eigenvalue weighted by molar-refractivity contribution is 7.15. The summed E-state index contributed by atoms with van der Waals surface area (Å²) in [4.78, 5) is 15.9. The molecule has 0 aliphatic rings. The molecule has 80 valence electrons. The van der Waals surface area contributed by atoms with Crippen molar-refractivity contribution >= 4 is 22.6 Å². The van der Waals surface area contributed by atoms with E-state index in [1.807, 2.05) is 11.6 Å². The maximum Gasteiger partial charge on any atom is 0.244 e. The number of carbonyl (C=O) groups is 1. The Kier molecular flexibility index (Phi) is 3.01. The SMILES string of the molecule is CCCCOc1nc2sccn2c1C=O. The van der Waals surface area contributed by atoms with Gasteiger partial charge in [-0.1, -0.05) is 13.3 Å². The second-order valence-electron chi connectivity index (χ2n) is 3.18. The van der Waals surface area contributed by atoms with Gasteiger partial charge in [-0.05, 0) is 6.42 Å². The second kappa shape index (κ2) is 4.44. The number of aromatic nitrogens is 2. The molecule has 0 fully saturated rings. The smallest absolute Gasteiger partial charge is 0.244 e. The molecule has 15 heavy (non-hydrogen) atoms. The van der Waals surface area contributed by atoms with Crippen LogP contribution in [0.1, 0.15) is 30.3 Å². The third-order valence-corrected chi connectivity index (χ3v) is 2.87. The van der Waals surface area contributed by atoms with Gasteiger partial charge in [0, 0.05) is 11.6 Å². The summed E-state index contributed by atoms with van der Waals surface area (Å²) >= 11 is 1.49. The van der Waals surface area contributed by atoms with Gasteiger partial charge < -0.3 is 4.74 Å². The third kappa shape index (κ3) is 1.87. The predicted octanol–water partition coefficient (Wildman–Crippen LogP) is 2.39. The first-order chi connectivity index (χ1) is 7.36. The topological polar surface area (TPSA) is 43.6 Å². The first-order valence-corrected chi connectivity index (χ1v) is 5.78. The van der Waals surface area contributed by atoms with Crippen LogP contribution in [0.2, 0.25) is 0 Å². The fraction of sp³-hybridized carbons (Fsp3) is 0.400. The summed E-state index contributed by atoms with van der Waals surface area (Å²) in [6.45, 7) is 2.71. The third-order valence-electron chi connectivity index (χ3n) is 2.11. The van der Waals surface area contributed by atoms with Crippen molar-refractivity contribution in [2.24, 2.45) is 0 Å². The average Bonchev–Trinajstić information content (AvgIpc) is 2.77. The molecule has 0 N–H and O–H groups in total. The number of ether oxygens (including phenoxy) is 1. The highest BCUT2D eigenvalue weighted by atomic mass is 32.1. The van der Waals surface area contributed by atoms with E-state index in [1.165, 1.54) is 11.3 Å². The number of fused-ring (bicyclic) bond motifs is 1. The van der Waals surface area contributed by atoms with Gasteiger partial charge in [0.25, 0.3) is 0 Å². The minimum Gasteiger partial charge on any atom is -0.476 e. The molecule has 2 aromatic heterocycles. The Labute approximate surface area is 91.5 Å². The lowest BCUT2D eigenvalue weighted by Gasteiger charge is -2.01. The molecule has 2 heterocycles. The molecule has 0 atom stereocenters. The number of hydrogen-bond acceptors (Lipinski definition) is 4. The van der Waals surface area contributed by atoms with E-state index in [4.69, 9.17) is 4.74 Å². The Morgan fingerprint density at radius 1 is 1.67 bits per heavy atom. The lowest BCUT2D eigenvalue weighted by molar-refractivity contribution is 0.111. The zero-order valence-electron chi connectivity index (χ0n) is 8.47. The van der Waals surface area contributed by atoms with Gasteiger partial charge >= 0.3 is 0 Å². The van der Waals surface area contributed by atoms with Crippen molar-refractivity contribution in [2.75, 3.05) is 6.61 Å². The number of thiazole rings is 1. The van der Waals surface area contributed by atoms with Crippen molar-refractivity contribution in [1.82, 2.24) is 9.38 Å². The van der Waals surface area contributed by atoms with Crippen molar-refractivity contribution in [3.05, 3.63) is 17.3 Å². The van der Waals surface area contributed by atoms with Crippen LogP contribution in [-0.2, 0) is 0 Å². The zero-order chi connectivity index (χ0) is 10.7. The standard InChI is InChI=1S/C10H12N2O2S/c1-2-3-5-14-9-8(7-13)12-4-6-15-10(12)11-9/h4,6-7H,2-3,5H2,1H3. The van der Waals surface area contributed by atoms with Gasteiger partial charge in [-0.15, -0.1) is 11.3 Å². The number of aldehydes is 1. The van der Waals surface area contributed by atoms with Crippen LogP contribution in [0.15, 0.2) is 11.6 Å².